The molecule has 1 heteroatoms. The molecule has 16 atom stereocenters. The van der Waals surface area contributed by atoms with E-state index in [4.69, 9.17) is 5.73 Å². The number of nitrogens with two attached hydrogens (primary N) is 1. The van der Waals surface area contributed by atoms with Gasteiger partial charge in [-0.05, 0) is 107 Å². The summed E-state index contributed by atoms with van der Waals surface area (Å²) in [6, 6.07) is 0. The van der Waals surface area contributed by atoms with Gasteiger partial charge in [0.2, 0.25) is 0 Å². The lowest BCUT2D eigenvalue weighted by atomic mass is 8.98. The Kier molecular flexibility index (Phi) is 0.664. The summed E-state index contributed by atoms with van der Waals surface area (Å²) in [5.74, 6) is 13.4. The molecule has 12 bridgehead atoms. The molecule has 0 aliphatic heterocycles. The first-order valence-electron chi connectivity index (χ1n) is 10.0. The third-order valence-corrected chi connectivity index (χ3v) is 14.1. The Morgan fingerprint density at radius 3 is 2.19 bits per heavy atom. The van der Waals surface area contributed by atoms with E-state index in [0.29, 0.717) is 5.54 Å². The Labute approximate surface area is 124 Å². The van der Waals surface area contributed by atoms with Gasteiger partial charge in [-0.15, -0.1) is 0 Å². The smallest absolute Gasteiger partial charge is 0.0228 e. The van der Waals surface area contributed by atoms with Crippen molar-refractivity contribution in [3.8, 4) is 0 Å². The van der Waals surface area contributed by atoms with E-state index < -0.39 is 0 Å². The molecule has 0 saturated heterocycles. The molecule has 21 heavy (non-hydrogen) atoms. The zero-order chi connectivity index (χ0) is 12.7. The van der Waals surface area contributed by atoms with E-state index in [1.807, 2.05) is 0 Å². The van der Waals surface area contributed by atoms with Crippen LogP contribution in [0.5, 0.6) is 0 Å². The predicted molar refractivity (Wildman–Crippen MR) is 73.5 cm³/mol. The molecule has 106 valence electrons. The van der Waals surface area contributed by atoms with E-state index in [2.05, 4.69) is 0 Å². The molecule has 0 radical (unpaired) electrons. The molecule has 2 N–H and O–H groups in total. The van der Waals surface area contributed by atoms with Crippen molar-refractivity contribution in [1.82, 2.24) is 0 Å². The molecule has 16 unspecified atom stereocenters. The highest BCUT2D eigenvalue weighted by Gasteiger charge is 3.19. The minimum atomic E-state index is 0.365. The molecule has 17 aliphatic rings. The van der Waals surface area contributed by atoms with E-state index in [1.165, 1.54) is 66.1 Å². The maximum atomic E-state index is 7.16. The Balaban J connectivity index is 1.49. The Morgan fingerprint density at radius 2 is 1.43 bits per heavy atom. The second-order valence-corrected chi connectivity index (χ2v) is 12.0. The van der Waals surface area contributed by atoms with Crippen LogP contribution < -0.4 is 5.73 Å². The monoisotopic (exact) mass is 275 g/mol. The molecule has 0 aromatic rings. The minimum absolute atomic E-state index is 0.365. The lowest BCUT2D eigenvalue weighted by molar-refractivity contribution is -0.597. The van der Waals surface area contributed by atoms with Crippen molar-refractivity contribution >= 4 is 0 Å². The summed E-state index contributed by atoms with van der Waals surface area (Å²) < 4.78 is 0. The highest BCUT2D eigenvalue weighted by molar-refractivity contribution is 5.66. The summed E-state index contributed by atoms with van der Waals surface area (Å²) in [6.45, 7) is 0. The van der Waals surface area contributed by atoms with Crippen LogP contribution in [-0.2, 0) is 0 Å². The van der Waals surface area contributed by atoms with Gasteiger partial charge in [0.15, 0.2) is 0 Å². The van der Waals surface area contributed by atoms with Crippen molar-refractivity contribution in [2.45, 2.75) is 31.2 Å². The van der Waals surface area contributed by atoms with Gasteiger partial charge in [0.25, 0.3) is 0 Å². The van der Waals surface area contributed by atoms with Gasteiger partial charge in [-0.25, -0.2) is 0 Å². The molecule has 17 fully saturated rings. The largest absolute Gasteiger partial charge is 0.325 e. The average molecular weight is 275 g/mol. The lowest BCUT2D eigenvalue weighted by Crippen LogP contribution is -3.04. The minimum Gasteiger partial charge on any atom is -0.325 e. The second-order valence-electron chi connectivity index (χ2n) is 12.0. The fourth-order valence-electron chi connectivity index (χ4n) is 16.2. The summed E-state index contributed by atoms with van der Waals surface area (Å²) in [5.41, 5.74) is 11.1. The molecule has 17 aliphatic carbocycles. The van der Waals surface area contributed by atoms with Crippen LogP contribution in [0.3, 0.4) is 0 Å². The first-order valence-corrected chi connectivity index (χ1v) is 10.0. The average Bonchev–Trinajstić information content (AvgIpc) is 2.68. The fraction of sp³-hybridized carbons (Fsp3) is 1.00. The van der Waals surface area contributed by atoms with Crippen LogP contribution in [0.15, 0.2) is 0 Å². The molecular formula is C20H21N. The standard InChI is InChI=1S/C20H21N/c21-16-3-7-9-10-8(4-16)18(7,16)19-6-1-5-2-17-13(9)12(6)20(17,19)15(11(5)19)14(10)17/h5-15H,1-4,21H2. The second kappa shape index (κ2) is 1.60. The molecule has 1 nitrogen and oxygen atoms in total. The summed E-state index contributed by atoms with van der Waals surface area (Å²) >= 11 is 0. The van der Waals surface area contributed by atoms with Crippen molar-refractivity contribution in [3.05, 3.63) is 0 Å². The Hall–Kier alpha value is -0.0400. The van der Waals surface area contributed by atoms with Crippen LogP contribution in [0, 0.1) is 86.8 Å². The lowest BCUT2D eigenvalue weighted by Gasteiger charge is -3.06. The van der Waals surface area contributed by atoms with Gasteiger partial charge in [-0.3, -0.25) is 0 Å². The molecule has 0 aromatic carbocycles. The predicted octanol–water partition coefficient (Wildman–Crippen LogP) is 2.12. The maximum Gasteiger partial charge on any atom is 0.0228 e. The topological polar surface area (TPSA) is 26.0 Å². The van der Waals surface area contributed by atoms with Crippen LogP contribution in [0.25, 0.3) is 0 Å². The first-order chi connectivity index (χ1) is 10.2. The third-order valence-electron chi connectivity index (χ3n) is 14.1. The first kappa shape index (κ1) is 8.71. The van der Waals surface area contributed by atoms with Crippen LogP contribution in [0.1, 0.15) is 25.7 Å². The van der Waals surface area contributed by atoms with Crippen LogP contribution >= 0.6 is 0 Å². The van der Waals surface area contributed by atoms with Gasteiger partial charge < -0.3 is 5.73 Å². The van der Waals surface area contributed by atoms with Gasteiger partial charge in [-0.1, -0.05) is 0 Å². The van der Waals surface area contributed by atoms with Gasteiger partial charge in [-0.2, -0.15) is 0 Å². The normalized spacial score (nSPS) is 107. The summed E-state index contributed by atoms with van der Waals surface area (Å²) in [4.78, 5) is 0. The zero-order valence-electron chi connectivity index (χ0n) is 12.3. The van der Waals surface area contributed by atoms with Crippen LogP contribution in [0.4, 0.5) is 0 Å². The van der Waals surface area contributed by atoms with Gasteiger partial charge in [0, 0.05) is 11.0 Å². The number of rotatable bonds is 0. The van der Waals surface area contributed by atoms with E-state index in [-0.39, 0.29) is 0 Å². The quantitative estimate of drug-likeness (QED) is 0.720. The summed E-state index contributed by atoms with van der Waals surface area (Å²) in [7, 11) is 0. The number of hydrogen-bond acceptors (Lipinski definition) is 1. The van der Waals surface area contributed by atoms with Crippen molar-refractivity contribution in [3.63, 3.8) is 0 Å². The highest BCUT2D eigenvalue weighted by Crippen LogP contribution is 3.22. The van der Waals surface area contributed by atoms with E-state index >= 15 is 0 Å². The number of hydrogen-bond donors (Lipinski definition) is 1. The molecule has 17 saturated carbocycles. The molecule has 0 amide bonds. The molecule has 0 aromatic heterocycles. The maximum absolute atomic E-state index is 7.16. The van der Waals surface area contributed by atoms with Crippen molar-refractivity contribution in [2.24, 2.45) is 92.5 Å². The van der Waals surface area contributed by atoms with Crippen LogP contribution in [-0.4, -0.2) is 5.54 Å². The van der Waals surface area contributed by atoms with Crippen molar-refractivity contribution < 1.29 is 0 Å². The van der Waals surface area contributed by atoms with E-state index in [9.17, 15) is 0 Å². The zero-order valence-corrected chi connectivity index (χ0v) is 12.3. The van der Waals surface area contributed by atoms with Crippen molar-refractivity contribution in [2.75, 3.05) is 0 Å². The molecular weight excluding hydrogens is 254 g/mol. The fourth-order valence-corrected chi connectivity index (χ4v) is 16.2. The van der Waals surface area contributed by atoms with E-state index in [0.717, 1.165) is 33.5 Å². The van der Waals surface area contributed by atoms with Crippen LogP contribution in [0.2, 0.25) is 0 Å². The molecule has 0 heterocycles. The summed E-state index contributed by atoms with van der Waals surface area (Å²) in [6.07, 6.45) is 6.37. The molecule has 4 spiro atoms. The van der Waals surface area contributed by atoms with Gasteiger partial charge in [0.1, 0.15) is 0 Å². The van der Waals surface area contributed by atoms with E-state index in [1.54, 1.807) is 12.8 Å². The Bertz CT molecular complexity index is 801. The third kappa shape index (κ3) is 0.315. The van der Waals surface area contributed by atoms with Crippen molar-refractivity contribution in [1.29, 1.82) is 0 Å². The van der Waals surface area contributed by atoms with Gasteiger partial charge in [0.05, 0.1) is 0 Å². The Morgan fingerprint density at radius 1 is 0.667 bits per heavy atom. The molecule has 17 rings (SSSR count). The van der Waals surface area contributed by atoms with Gasteiger partial charge >= 0.3 is 0 Å². The summed E-state index contributed by atoms with van der Waals surface area (Å²) in [5, 5.41) is 0. The SMILES string of the molecule is NC12CC3C4C5C6C7C8C9CC%10C%11C4C6(C9)C%117C%108C31C5C2. The highest BCUT2D eigenvalue weighted by atomic mass is 15.2.